The van der Waals surface area contributed by atoms with Gasteiger partial charge in [-0.05, 0) is 31.0 Å². The number of rotatable bonds is 3. The lowest BCUT2D eigenvalue weighted by molar-refractivity contribution is 0.195. The number of aliphatic hydroxyl groups is 1. The number of anilines is 1. The van der Waals surface area contributed by atoms with Gasteiger partial charge in [0.2, 0.25) is 0 Å². The summed E-state index contributed by atoms with van der Waals surface area (Å²) in [5.74, 6) is -1.73. The second-order valence-corrected chi connectivity index (χ2v) is 3.86. The Morgan fingerprint density at radius 3 is 2.40 bits per heavy atom. The summed E-state index contributed by atoms with van der Waals surface area (Å²) in [6.45, 7) is 1.61. The first-order chi connectivity index (χ1) is 6.91. The molecule has 0 saturated heterocycles. The van der Waals surface area contributed by atoms with Gasteiger partial charge in [-0.3, -0.25) is 0 Å². The first-order valence-electron chi connectivity index (χ1n) is 4.75. The van der Waals surface area contributed by atoms with Crippen molar-refractivity contribution in [3.8, 4) is 0 Å². The Bertz CT molecular complexity index is 351. The van der Waals surface area contributed by atoms with Gasteiger partial charge in [0.05, 0.1) is 11.8 Å². The lowest BCUT2D eigenvalue weighted by Crippen LogP contribution is -2.13. The van der Waals surface area contributed by atoms with Crippen molar-refractivity contribution in [3.05, 3.63) is 29.3 Å². The van der Waals surface area contributed by atoms with Crippen molar-refractivity contribution in [2.45, 2.75) is 19.4 Å². The second kappa shape index (κ2) is 4.57. The van der Waals surface area contributed by atoms with Gasteiger partial charge in [-0.1, -0.05) is 0 Å². The minimum Gasteiger partial charge on any atom is -0.393 e. The van der Waals surface area contributed by atoms with E-state index in [4.69, 9.17) is 5.11 Å². The molecule has 0 saturated carbocycles. The summed E-state index contributed by atoms with van der Waals surface area (Å²) in [5.41, 5.74) is 0.790. The molecule has 0 heterocycles. The zero-order valence-corrected chi connectivity index (χ0v) is 9.09. The first-order valence-corrected chi connectivity index (χ1v) is 4.75. The van der Waals surface area contributed by atoms with E-state index in [1.54, 1.807) is 27.1 Å². The molecule has 1 unspecified atom stereocenters. The van der Waals surface area contributed by atoms with Crippen LogP contribution in [-0.2, 0) is 6.42 Å². The Hall–Kier alpha value is -1.16. The molecule has 0 aliphatic rings. The molecule has 4 heteroatoms. The highest BCUT2D eigenvalue weighted by atomic mass is 19.2. The average Bonchev–Trinajstić information content (AvgIpc) is 2.09. The molecule has 1 N–H and O–H groups in total. The zero-order chi connectivity index (χ0) is 11.6. The fraction of sp³-hybridized carbons (Fsp3) is 0.455. The van der Waals surface area contributed by atoms with Gasteiger partial charge < -0.3 is 10.0 Å². The van der Waals surface area contributed by atoms with Gasteiger partial charge in [0.1, 0.15) is 0 Å². The van der Waals surface area contributed by atoms with Crippen LogP contribution in [0.25, 0.3) is 0 Å². The van der Waals surface area contributed by atoms with E-state index in [0.717, 1.165) is 6.07 Å². The Morgan fingerprint density at radius 2 is 1.93 bits per heavy atom. The van der Waals surface area contributed by atoms with E-state index in [2.05, 4.69) is 0 Å². The van der Waals surface area contributed by atoms with Crippen molar-refractivity contribution >= 4 is 5.69 Å². The number of benzene rings is 1. The molecule has 1 aromatic carbocycles. The maximum absolute atomic E-state index is 13.3. The topological polar surface area (TPSA) is 23.5 Å². The van der Waals surface area contributed by atoms with Crippen LogP contribution < -0.4 is 4.90 Å². The van der Waals surface area contributed by atoms with Gasteiger partial charge in [-0.15, -0.1) is 0 Å². The SMILES string of the molecule is CC(O)Cc1cc(F)c(F)c(N(C)C)c1. The van der Waals surface area contributed by atoms with Crippen molar-refractivity contribution in [2.75, 3.05) is 19.0 Å². The van der Waals surface area contributed by atoms with E-state index >= 15 is 0 Å². The molecule has 84 valence electrons. The van der Waals surface area contributed by atoms with Gasteiger partial charge in [0.25, 0.3) is 0 Å². The van der Waals surface area contributed by atoms with Gasteiger partial charge >= 0.3 is 0 Å². The molecule has 0 aliphatic heterocycles. The normalized spacial score (nSPS) is 12.7. The van der Waals surface area contributed by atoms with Gasteiger partial charge in [0.15, 0.2) is 11.6 Å². The highest BCUT2D eigenvalue weighted by Crippen LogP contribution is 2.22. The van der Waals surface area contributed by atoms with Crippen LogP contribution in [0.5, 0.6) is 0 Å². The third-order valence-corrected chi connectivity index (χ3v) is 2.08. The fourth-order valence-electron chi connectivity index (χ4n) is 1.41. The number of halogens is 2. The minimum atomic E-state index is -0.878. The van der Waals surface area contributed by atoms with Crippen LogP contribution in [-0.4, -0.2) is 25.3 Å². The smallest absolute Gasteiger partial charge is 0.182 e. The molecule has 0 bridgehead atoms. The van der Waals surface area contributed by atoms with Crippen molar-refractivity contribution in [3.63, 3.8) is 0 Å². The summed E-state index contributed by atoms with van der Waals surface area (Å²) in [6, 6.07) is 2.67. The molecular weight excluding hydrogens is 200 g/mol. The average molecular weight is 215 g/mol. The maximum Gasteiger partial charge on any atom is 0.182 e. The Kier molecular flexibility index (Phi) is 3.63. The van der Waals surface area contributed by atoms with E-state index in [9.17, 15) is 8.78 Å². The number of hydrogen-bond donors (Lipinski definition) is 1. The molecule has 0 fully saturated rings. The number of aliphatic hydroxyl groups excluding tert-OH is 1. The quantitative estimate of drug-likeness (QED) is 0.833. The van der Waals surface area contributed by atoms with Crippen LogP contribution in [0, 0.1) is 11.6 Å². The molecule has 2 nitrogen and oxygen atoms in total. The Balaban J connectivity index is 3.11. The molecule has 1 rings (SSSR count). The molecule has 0 amide bonds. The molecule has 15 heavy (non-hydrogen) atoms. The summed E-state index contributed by atoms with van der Waals surface area (Å²) in [6.07, 6.45) is -0.247. The molecule has 1 aromatic rings. The zero-order valence-electron chi connectivity index (χ0n) is 9.09. The van der Waals surface area contributed by atoms with E-state index in [1.165, 1.54) is 4.90 Å². The summed E-state index contributed by atoms with van der Waals surface area (Å²) in [5, 5.41) is 9.17. The van der Waals surface area contributed by atoms with Crippen LogP contribution in [0.3, 0.4) is 0 Å². The van der Waals surface area contributed by atoms with Gasteiger partial charge in [0, 0.05) is 14.1 Å². The maximum atomic E-state index is 13.3. The van der Waals surface area contributed by atoms with Crippen molar-refractivity contribution < 1.29 is 13.9 Å². The second-order valence-electron chi connectivity index (χ2n) is 3.86. The Labute approximate surface area is 88.1 Å². The van der Waals surface area contributed by atoms with Crippen LogP contribution in [0.15, 0.2) is 12.1 Å². The standard InChI is InChI=1S/C11H15F2NO/c1-7(15)4-8-5-9(12)11(13)10(6-8)14(2)3/h5-7,15H,4H2,1-3H3. The van der Waals surface area contributed by atoms with Crippen LogP contribution in [0.4, 0.5) is 14.5 Å². The summed E-state index contributed by atoms with van der Waals surface area (Å²) in [7, 11) is 3.29. The summed E-state index contributed by atoms with van der Waals surface area (Å²) >= 11 is 0. The fourth-order valence-corrected chi connectivity index (χ4v) is 1.41. The predicted molar refractivity (Wildman–Crippen MR) is 56.1 cm³/mol. The van der Waals surface area contributed by atoms with Crippen LogP contribution in [0.1, 0.15) is 12.5 Å². The molecule has 0 aromatic heterocycles. The van der Waals surface area contributed by atoms with Crippen molar-refractivity contribution in [1.82, 2.24) is 0 Å². The van der Waals surface area contributed by atoms with Crippen molar-refractivity contribution in [1.29, 1.82) is 0 Å². The summed E-state index contributed by atoms with van der Waals surface area (Å²) in [4.78, 5) is 1.50. The van der Waals surface area contributed by atoms with Crippen molar-refractivity contribution in [2.24, 2.45) is 0 Å². The first kappa shape index (κ1) is 11.9. The Morgan fingerprint density at radius 1 is 1.33 bits per heavy atom. The minimum absolute atomic E-state index is 0.200. The molecule has 1 atom stereocenters. The van der Waals surface area contributed by atoms with E-state index < -0.39 is 17.7 Å². The third-order valence-electron chi connectivity index (χ3n) is 2.08. The summed E-state index contributed by atoms with van der Waals surface area (Å²) < 4.78 is 26.5. The number of nitrogens with zero attached hydrogens (tertiary/aromatic N) is 1. The van der Waals surface area contributed by atoms with Gasteiger partial charge in [-0.25, -0.2) is 8.78 Å². The molecule has 0 spiro atoms. The predicted octanol–water partition coefficient (Wildman–Crippen LogP) is 1.95. The lowest BCUT2D eigenvalue weighted by atomic mass is 10.1. The van der Waals surface area contributed by atoms with E-state index in [-0.39, 0.29) is 5.69 Å². The monoisotopic (exact) mass is 215 g/mol. The van der Waals surface area contributed by atoms with E-state index in [1.807, 2.05) is 0 Å². The van der Waals surface area contributed by atoms with Crippen LogP contribution >= 0.6 is 0 Å². The lowest BCUT2D eigenvalue weighted by Gasteiger charge is -2.16. The van der Waals surface area contributed by atoms with Crippen LogP contribution in [0.2, 0.25) is 0 Å². The molecule has 0 radical (unpaired) electrons. The van der Waals surface area contributed by atoms with Gasteiger partial charge in [-0.2, -0.15) is 0 Å². The molecule has 0 aliphatic carbocycles. The largest absolute Gasteiger partial charge is 0.393 e. The highest BCUT2D eigenvalue weighted by molar-refractivity contribution is 5.49. The molecular formula is C11H15F2NO. The number of hydrogen-bond acceptors (Lipinski definition) is 2. The van der Waals surface area contributed by atoms with E-state index in [0.29, 0.717) is 12.0 Å². The third kappa shape index (κ3) is 2.89. The highest BCUT2D eigenvalue weighted by Gasteiger charge is 2.13.